The van der Waals surface area contributed by atoms with E-state index in [0.29, 0.717) is 6.42 Å². The molecular formula is C13H13ClN2O3. The third kappa shape index (κ3) is 3.06. The summed E-state index contributed by atoms with van der Waals surface area (Å²) < 4.78 is 0. The van der Waals surface area contributed by atoms with Crippen LogP contribution in [-0.4, -0.2) is 23.0 Å². The third-order valence-corrected chi connectivity index (χ3v) is 3.30. The van der Waals surface area contributed by atoms with Crippen LogP contribution in [0.4, 0.5) is 5.69 Å². The van der Waals surface area contributed by atoms with E-state index in [4.69, 9.17) is 22.4 Å². The quantitative estimate of drug-likeness (QED) is 0.734. The van der Waals surface area contributed by atoms with E-state index in [9.17, 15) is 9.59 Å². The second kappa shape index (κ2) is 5.32. The van der Waals surface area contributed by atoms with Crippen molar-refractivity contribution >= 4 is 29.2 Å². The molecule has 0 saturated carbocycles. The topological polar surface area (TPSA) is 92.4 Å². The number of carboxylic acids is 1. The van der Waals surface area contributed by atoms with Gasteiger partial charge < -0.3 is 16.2 Å². The summed E-state index contributed by atoms with van der Waals surface area (Å²) in [5, 5.41) is 12.3. The van der Waals surface area contributed by atoms with Crippen LogP contribution < -0.4 is 11.1 Å². The molecule has 0 heterocycles. The highest BCUT2D eigenvalue weighted by Crippen LogP contribution is 2.25. The fraction of sp³-hybridized carbons (Fsp3) is 0.231. The Morgan fingerprint density at radius 1 is 1.37 bits per heavy atom. The molecule has 0 bridgehead atoms. The fourth-order valence-electron chi connectivity index (χ4n) is 2.01. The number of carbonyl (C=O) groups excluding carboxylic acids is 1. The molecule has 1 aliphatic carbocycles. The third-order valence-electron chi connectivity index (χ3n) is 2.99. The Balaban J connectivity index is 2.05. The van der Waals surface area contributed by atoms with E-state index in [1.54, 1.807) is 24.3 Å². The predicted molar refractivity (Wildman–Crippen MR) is 72.3 cm³/mol. The van der Waals surface area contributed by atoms with Crippen molar-refractivity contribution in [1.82, 2.24) is 0 Å². The first kappa shape index (κ1) is 13.4. The minimum Gasteiger partial charge on any atom is -0.481 e. The maximum Gasteiger partial charge on any atom is 0.310 e. The number of carboxylic acid groups (broad SMARTS) is 1. The number of anilines is 1. The Kier molecular flexibility index (Phi) is 3.76. The Labute approximate surface area is 115 Å². The molecule has 100 valence electrons. The Morgan fingerprint density at radius 3 is 2.63 bits per heavy atom. The fourth-order valence-corrected chi connectivity index (χ4v) is 2.28. The number of nitrogens with one attached hydrogen (secondary N) is 1. The Hall–Kier alpha value is -2.01. The standard InChI is InChI=1S/C13H13ClN2O3/c14-11-6-9(3-4-10(11)12(15)17)16-8-2-1-7(5-8)13(18)19/h1-4,6-8,16H,5H2,(H2,15,17)(H,18,19). The van der Waals surface area contributed by atoms with Gasteiger partial charge in [0.2, 0.25) is 5.91 Å². The minimum atomic E-state index is -0.831. The summed E-state index contributed by atoms with van der Waals surface area (Å²) in [6.45, 7) is 0. The van der Waals surface area contributed by atoms with Gasteiger partial charge in [-0.3, -0.25) is 9.59 Å². The molecule has 6 heteroatoms. The smallest absolute Gasteiger partial charge is 0.310 e. The molecule has 1 amide bonds. The lowest BCUT2D eigenvalue weighted by Gasteiger charge is -2.14. The zero-order valence-corrected chi connectivity index (χ0v) is 10.7. The summed E-state index contributed by atoms with van der Waals surface area (Å²) in [7, 11) is 0. The van der Waals surface area contributed by atoms with Gasteiger partial charge in [-0.25, -0.2) is 0 Å². The molecule has 1 aliphatic rings. The van der Waals surface area contributed by atoms with Crippen LogP contribution >= 0.6 is 11.6 Å². The number of nitrogens with two attached hydrogens (primary N) is 1. The maximum atomic E-state index is 11.0. The van der Waals surface area contributed by atoms with Crippen molar-refractivity contribution < 1.29 is 14.7 Å². The van der Waals surface area contributed by atoms with Crippen LogP contribution in [0.2, 0.25) is 5.02 Å². The molecular weight excluding hydrogens is 268 g/mol. The van der Waals surface area contributed by atoms with Crippen molar-refractivity contribution in [3.05, 3.63) is 40.9 Å². The average Bonchev–Trinajstić information content (AvgIpc) is 2.77. The van der Waals surface area contributed by atoms with Crippen molar-refractivity contribution in [1.29, 1.82) is 0 Å². The van der Waals surface area contributed by atoms with E-state index in [1.165, 1.54) is 0 Å². The van der Waals surface area contributed by atoms with Gasteiger partial charge in [0.25, 0.3) is 0 Å². The van der Waals surface area contributed by atoms with Crippen molar-refractivity contribution in [3.8, 4) is 0 Å². The largest absolute Gasteiger partial charge is 0.481 e. The molecule has 0 fully saturated rings. The summed E-state index contributed by atoms with van der Waals surface area (Å²) in [5.74, 6) is -1.87. The Bertz CT molecular complexity index is 557. The van der Waals surface area contributed by atoms with E-state index < -0.39 is 17.8 Å². The van der Waals surface area contributed by atoms with Crippen molar-refractivity contribution in [3.63, 3.8) is 0 Å². The van der Waals surface area contributed by atoms with Gasteiger partial charge in [0.1, 0.15) is 0 Å². The molecule has 5 nitrogen and oxygen atoms in total. The number of carbonyl (C=O) groups is 2. The van der Waals surface area contributed by atoms with Gasteiger partial charge in [-0.1, -0.05) is 23.8 Å². The monoisotopic (exact) mass is 280 g/mol. The van der Waals surface area contributed by atoms with Gasteiger partial charge in [-0.05, 0) is 24.6 Å². The zero-order valence-electron chi connectivity index (χ0n) is 9.97. The number of hydrogen-bond acceptors (Lipinski definition) is 3. The van der Waals surface area contributed by atoms with Crippen LogP contribution in [0.1, 0.15) is 16.8 Å². The number of amides is 1. The van der Waals surface area contributed by atoms with E-state index in [2.05, 4.69) is 5.32 Å². The Morgan fingerprint density at radius 2 is 2.11 bits per heavy atom. The molecule has 2 unspecified atom stereocenters. The second-order valence-corrected chi connectivity index (χ2v) is 4.78. The zero-order chi connectivity index (χ0) is 14.0. The predicted octanol–water partition coefficient (Wildman–Crippen LogP) is 1.88. The first-order valence-electron chi connectivity index (χ1n) is 5.74. The van der Waals surface area contributed by atoms with Gasteiger partial charge in [0.15, 0.2) is 0 Å². The lowest BCUT2D eigenvalue weighted by atomic mass is 10.1. The van der Waals surface area contributed by atoms with Crippen molar-refractivity contribution in [2.24, 2.45) is 11.7 Å². The van der Waals surface area contributed by atoms with Crippen molar-refractivity contribution in [2.45, 2.75) is 12.5 Å². The minimum absolute atomic E-state index is 0.0587. The van der Waals surface area contributed by atoms with Gasteiger partial charge in [0.05, 0.1) is 16.5 Å². The molecule has 0 saturated heterocycles. The van der Waals surface area contributed by atoms with Crippen LogP contribution in [-0.2, 0) is 4.79 Å². The van der Waals surface area contributed by atoms with E-state index in [0.717, 1.165) is 5.69 Å². The summed E-state index contributed by atoms with van der Waals surface area (Å²) in [6, 6.07) is 4.77. The summed E-state index contributed by atoms with van der Waals surface area (Å²) in [6.07, 6.45) is 3.97. The highest BCUT2D eigenvalue weighted by atomic mass is 35.5. The molecule has 0 aromatic heterocycles. The highest BCUT2D eigenvalue weighted by Gasteiger charge is 2.24. The number of hydrogen-bond donors (Lipinski definition) is 3. The van der Waals surface area contributed by atoms with Crippen LogP contribution in [0, 0.1) is 5.92 Å². The lowest BCUT2D eigenvalue weighted by molar-refractivity contribution is -0.140. The van der Waals surface area contributed by atoms with Crippen molar-refractivity contribution in [2.75, 3.05) is 5.32 Å². The molecule has 2 rings (SSSR count). The van der Waals surface area contributed by atoms with Gasteiger partial charge in [-0.2, -0.15) is 0 Å². The number of primary amides is 1. The lowest BCUT2D eigenvalue weighted by Crippen LogP contribution is -2.19. The molecule has 19 heavy (non-hydrogen) atoms. The summed E-state index contributed by atoms with van der Waals surface area (Å²) >= 11 is 5.94. The maximum absolute atomic E-state index is 11.0. The highest BCUT2D eigenvalue weighted by molar-refractivity contribution is 6.34. The molecule has 1 aromatic rings. The first-order valence-corrected chi connectivity index (χ1v) is 6.12. The molecule has 2 atom stereocenters. The summed E-state index contributed by atoms with van der Waals surface area (Å²) in [4.78, 5) is 21.9. The van der Waals surface area contributed by atoms with Crippen LogP contribution in [0.15, 0.2) is 30.4 Å². The van der Waals surface area contributed by atoms with E-state index >= 15 is 0 Å². The number of aliphatic carboxylic acids is 1. The number of rotatable bonds is 4. The number of benzene rings is 1. The average molecular weight is 281 g/mol. The van der Waals surface area contributed by atoms with Crippen LogP contribution in [0.25, 0.3) is 0 Å². The SMILES string of the molecule is NC(=O)c1ccc(NC2C=CC(C(=O)O)C2)cc1Cl. The van der Waals surface area contributed by atoms with E-state index in [1.807, 2.05) is 6.08 Å². The molecule has 1 aromatic carbocycles. The molecule has 4 N–H and O–H groups in total. The first-order chi connectivity index (χ1) is 8.97. The van der Waals surface area contributed by atoms with Crippen LogP contribution in [0.3, 0.4) is 0 Å². The van der Waals surface area contributed by atoms with Crippen LogP contribution in [0.5, 0.6) is 0 Å². The summed E-state index contributed by atoms with van der Waals surface area (Å²) in [5.41, 5.74) is 6.14. The molecule has 0 aliphatic heterocycles. The normalized spacial score (nSPS) is 21.3. The van der Waals surface area contributed by atoms with Gasteiger partial charge in [0, 0.05) is 11.7 Å². The number of halogens is 1. The van der Waals surface area contributed by atoms with E-state index in [-0.39, 0.29) is 16.6 Å². The van der Waals surface area contributed by atoms with Gasteiger partial charge >= 0.3 is 5.97 Å². The second-order valence-electron chi connectivity index (χ2n) is 4.38. The molecule has 0 radical (unpaired) electrons. The van der Waals surface area contributed by atoms with Gasteiger partial charge in [-0.15, -0.1) is 0 Å². The molecule has 0 spiro atoms.